The molecule has 0 bridgehead atoms. The van der Waals surface area contributed by atoms with E-state index in [1.807, 2.05) is 0 Å². The molecule has 0 atom stereocenters. The van der Waals surface area contributed by atoms with Gasteiger partial charge < -0.3 is 5.11 Å². The quantitative estimate of drug-likeness (QED) is 0.769. The highest BCUT2D eigenvalue weighted by molar-refractivity contribution is 7.18. The molecule has 0 aliphatic heterocycles. The van der Waals surface area contributed by atoms with Crippen LogP contribution < -0.4 is 0 Å². The van der Waals surface area contributed by atoms with Crippen LogP contribution in [0.15, 0.2) is 18.2 Å². The van der Waals surface area contributed by atoms with E-state index in [1.54, 1.807) is 0 Å². The maximum atomic E-state index is 12.2. The number of aromatic hydroxyl groups is 1. The van der Waals surface area contributed by atoms with Gasteiger partial charge in [0.2, 0.25) is 0 Å². The normalized spacial score (nSPS) is 11.3. The number of alkyl halides is 2. The van der Waals surface area contributed by atoms with E-state index >= 15 is 0 Å². The fourth-order valence-corrected chi connectivity index (χ4v) is 1.88. The van der Waals surface area contributed by atoms with Crippen LogP contribution in [-0.2, 0) is 0 Å². The average Bonchev–Trinajstić information content (AvgIpc) is 2.46. The summed E-state index contributed by atoms with van der Waals surface area (Å²) in [7, 11) is 0. The predicted molar refractivity (Wildman–Crippen MR) is 46.2 cm³/mol. The highest BCUT2D eigenvalue weighted by Crippen LogP contribution is 2.30. The smallest absolute Gasteiger partial charge is 0.289 e. The summed E-state index contributed by atoms with van der Waals surface area (Å²) in [5.74, 6) is 0.0666. The van der Waals surface area contributed by atoms with Gasteiger partial charge in [0, 0.05) is 0 Å². The van der Waals surface area contributed by atoms with Crippen LogP contribution in [-0.4, -0.2) is 10.1 Å². The molecule has 0 aliphatic carbocycles. The second-order valence-electron chi connectivity index (χ2n) is 2.50. The van der Waals surface area contributed by atoms with Gasteiger partial charge in [-0.3, -0.25) is 0 Å². The predicted octanol–water partition coefficient (Wildman–Crippen LogP) is 2.94. The summed E-state index contributed by atoms with van der Waals surface area (Å²) in [6, 6.07) is 4.38. The van der Waals surface area contributed by atoms with Crippen molar-refractivity contribution in [3.8, 4) is 5.75 Å². The lowest BCUT2D eigenvalue weighted by Gasteiger charge is -1.87. The Kier molecular flexibility index (Phi) is 1.88. The lowest BCUT2D eigenvalue weighted by molar-refractivity contribution is 0.151. The van der Waals surface area contributed by atoms with E-state index in [0.717, 1.165) is 11.3 Å². The number of thiazole rings is 1. The Morgan fingerprint density at radius 1 is 1.38 bits per heavy atom. The highest BCUT2D eigenvalue weighted by atomic mass is 32.1. The van der Waals surface area contributed by atoms with Gasteiger partial charge >= 0.3 is 0 Å². The van der Waals surface area contributed by atoms with Crippen LogP contribution in [0.1, 0.15) is 11.4 Å². The molecule has 0 aliphatic rings. The maximum absolute atomic E-state index is 12.2. The average molecular weight is 201 g/mol. The third kappa shape index (κ3) is 1.47. The summed E-state index contributed by atoms with van der Waals surface area (Å²) < 4.78 is 25.0. The van der Waals surface area contributed by atoms with Gasteiger partial charge in [0.15, 0.2) is 5.01 Å². The van der Waals surface area contributed by atoms with Crippen LogP contribution >= 0.6 is 11.3 Å². The van der Waals surface area contributed by atoms with E-state index in [1.165, 1.54) is 18.2 Å². The third-order valence-corrected chi connectivity index (χ3v) is 2.60. The first kappa shape index (κ1) is 8.37. The number of benzene rings is 1. The number of fused-ring (bicyclic) bond motifs is 1. The molecule has 0 saturated heterocycles. The maximum Gasteiger partial charge on any atom is 0.289 e. The van der Waals surface area contributed by atoms with Crippen LogP contribution in [0, 0.1) is 0 Å². The number of aromatic nitrogens is 1. The van der Waals surface area contributed by atoms with Crippen molar-refractivity contribution in [1.82, 2.24) is 4.98 Å². The molecule has 1 aromatic heterocycles. The second-order valence-corrected chi connectivity index (χ2v) is 3.57. The van der Waals surface area contributed by atoms with Gasteiger partial charge in [-0.1, -0.05) is 0 Å². The Labute approximate surface area is 76.5 Å². The summed E-state index contributed by atoms with van der Waals surface area (Å²) >= 11 is 0.898. The second kappa shape index (κ2) is 2.92. The summed E-state index contributed by atoms with van der Waals surface area (Å²) in [5.41, 5.74) is 0.498. The fraction of sp³-hybridized carbons (Fsp3) is 0.125. The number of hydrogen-bond donors (Lipinski definition) is 1. The third-order valence-electron chi connectivity index (χ3n) is 1.58. The van der Waals surface area contributed by atoms with Crippen LogP contribution in [0.25, 0.3) is 10.2 Å². The molecule has 1 N–H and O–H groups in total. The molecule has 0 fully saturated rings. The first-order valence-electron chi connectivity index (χ1n) is 3.54. The van der Waals surface area contributed by atoms with Crippen LogP contribution in [0.2, 0.25) is 0 Å². The molecule has 68 valence electrons. The molecule has 0 amide bonds. The minimum absolute atomic E-state index is 0.0666. The number of halogens is 2. The number of phenolic OH excluding ortho intramolecular Hbond substituents is 1. The van der Waals surface area contributed by atoms with Crippen LogP contribution in [0.3, 0.4) is 0 Å². The van der Waals surface area contributed by atoms with Gasteiger partial charge in [0.1, 0.15) is 5.75 Å². The van der Waals surface area contributed by atoms with Gasteiger partial charge in [-0.05, 0) is 18.2 Å². The minimum atomic E-state index is -2.54. The molecular weight excluding hydrogens is 196 g/mol. The fourth-order valence-electron chi connectivity index (χ4n) is 1.02. The van der Waals surface area contributed by atoms with Gasteiger partial charge in [0.25, 0.3) is 6.43 Å². The SMILES string of the molecule is Oc1ccc2nc(C(F)F)sc2c1. The molecule has 0 unspecified atom stereocenters. The molecule has 2 aromatic rings. The molecule has 2 nitrogen and oxygen atoms in total. The topological polar surface area (TPSA) is 33.1 Å². The van der Waals surface area contributed by atoms with Crippen LogP contribution in [0.5, 0.6) is 5.75 Å². The Bertz CT molecular complexity index is 441. The molecule has 2 rings (SSSR count). The van der Waals surface area contributed by atoms with E-state index in [2.05, 4.69) is 4.98 Å². The van der Waals surface area contributed by atoms with Crippen molar-refractivity contribution in [2.75, 3.05) is 0 Å². The molecule has 1 heterocycles. The Hall–Kier alpha value is -1.23. The lowest BCUT2D eigenvalue weighted by Crippen LogP contribution is -1.78. The molecule has 13 heavy (non-hydrogen) atoms. The molecule has 0 saturated carbocycles. The number of phenols is 1. The first-order valence-corrected chi connectivity index (χ1v) is 4.36. The van der Waals surface area contributed by atoms with Gasteiger partial charge in [-0.2, -0.15) is 0 Å². The van der Waals surface area contributed by atoms with Gasteiger partial charge in [-0.15, -0.1) is 11.3 Å². The van der Waals surface area contributed by atoms with Crippen LogP contribution in [0.4, 0.5) is 8.78 Å². The standard InChI is InChI=1S/C8H5F2NOS/c9-7(10)8-11-5-2-1-4(12)3-6(5)13-8/h1-3,7,12H. The Morgan fingerprint density at radius 3 is 2.85 bits per heavy atom. The van der Waals surface area contributed by atoms with E-state index < -0.39 is 6.43 Å². The summed E-state index contributed by atoms with van der Waals surface area (Å²) in [6.07, 6.45) is -2.54. The summed E-state index contributed by atoms with van der Waals surface area (Å²) in [5, 5.41) is 8.86. The monoisotopic (exact) mass is 201 g/mol. The largest absolute Gasteiger partial charge is 0.508 e. The first-order chi connectivity index (χ1) is 6.16. The molecule has 0 radical (unpaired) electrons. The van der Waals surface area contributed by atoms with Crippen molar-refractivity contribution in [2.24, 2.45) is 0 Å². The zero-order valence-corrected chi connectivity index (χ0v) is 7.18. The molecule has 1 aromatic carbocycles. The van der Waals surface area contributed by atoms with E-state index in [9.17, 15) is 8.78 Å². The summed E-state index contributed by atoms with van der Waals surface area (Å²) in [6.45, 7) is 0. The van der Waals surface area contributed by atoms with Gasteiger partial charge in [-0.25, -0.2) is 13.8 Å². The van der Waals surface area contributed by atoms with Crippen molar-refractivity contribution in [3.05, 3.63) is 23.2 Å². The van der Waals surface area contributed by atoms with Crippen molar-refractivity contribution < 1.29 is 13.9 Å². The van der Waals surface area contributed by atoms with Crippen molar-refractivity contribution in [1.29, 1.82) is 0 Å². The van der Waals surface area contributed by atoms with E-state index in [0.29, 0.717) is 10.2 Å². The molecule has 5 heteroatoms. The highest BCUT2D eigenvalue weighted by Gasteiger charge is 2.13. The lowest BCUT2D eigenvalue weighted by atomic mass is 10.3. The Balaban J connectivity index is 2.62. The number of hydrogen-bond acceptors (Lipinski definition) is 3. The molecular formula is C8H5F2NOS. The Morgan fingerprint density at radius 2 is 2.15 bits per heavy atom. The zero-order valence-electron chi connectivity index (χ0n) is 6.37. The van der Waals surface area contributed by atoms with Crippen molar-refractivity contribution >= 4 is 21.6 Å². The zero-order chi connectivity index (χ0) is 9.42. The summed E-state index contributed by atoms with van der Waals surface area (Å²) in [4.78, 5) is 3.71. The molecule has 0 spiro atoms. The van der Waals surface area contributed by atoms with Crippen molar-refractivity contribution in [3.63, 3.8) is 0 Å². The number of nitrogens with zero attached hydrogens (tertiary/aromatic N) is 1. The van der Waals surface area contributed by atoms with Crippen molar-refractivity contribution in [2.45, 2.75) is 6.43 Å². The number of rotatable bonds is 1. The van der Waals surface area contributed by atoms with Gasteiger partial charge in [0.05, 0.1) is 10.2 Å². The van der Waals surface area contributed by atoms with E-state index in [4.69, 9.17) is 5.11 Å². The van der Waals surface area contributed by atoms with E-state index in [-0.39, 0.29) is 10.8 Å². The minimum Gasteiger partial charge on any atom is -0.508 e.